The number of nitrogens with zero attached hydrogens (tertiary/aromatic N) is 2. The molecule has 4 rings (SSSR count). The standard InChI is InChI=1S/C14H15N3/c1-2-4-17-13(9-16-14(17)3-1)10-5-11-7-15-8-12(11)6-10/h1-5,9,11-12,15H,6-8H2/t11-,12+/m0/s1. The minimum Gasteiger partial charge on any atom is -0.316 e. The lowest BCUT2D eigenvalue weighted by molar-refractivity contribution is 0.536. The second-order valence-electron chi connectivity index (χ2n) is 5.05. The van der Waals surface area contributed by atoms with Crippen LogP contribution in [-0.4, -0.2) is 22.5 Å². The zero-order valence-corrected chi connectivity index (χ0v) is 9.63. The van der Waals surface area contributed by atoms with Gasteiger partial charge in [0.15, 0.2) is 0 Å². The van der Waals surface area contributed by atoms with Crippen LogP contribution >= 0.6 is 0 Å². The molecule has 0 unspecified atom stereocenters. The smallest absolute Gasteiger partial charge is 0.137 e. The van der Waals surface area contributed by atoms with Crippen molar-refractivity contribution in [3.8, 4) is 0 Å². The molecule has 3 heteroatoms. The van der Waals surface area contributed by atoms with Gasteiger partial charge >= 0.3 is 0 Å². The minimum absolute atomic E-state index is 0.735. The summed E-state index contributed by atoms with van der Waals surface area (Å²) in [7, 11) is 0. The zero-order chi connectivity index (χ0) is 11.2. The first-order chi connectivity index (χ1) is 8.42. The van der Waals surface area contributed by atoms with E-state index in [9.17, 15) is 0 Å². The zero-order valence-electron chi connectivity index (χ0n) is 9.63. The Morgan fingerprint density at radius 1 is 1.29 bits per heavy atom. The maximum Gasteiger partial charge on any atom is 0.137 e. The highest BCUT2D eigenvalue weighted by molar-refractivity contribution is 5.68. The average Bonchev–Trinajstić information content (AvgIpc) is 3.01. The normalized spacial score (nSPS) is 27.4. The van der Waals surface area contributed by atoms with Crippen LogP contribution < -0.4 is 5.32 Å². The molecule has 3 nitrogen and oxygen atoms in total. The third-order valence-corrected chi connectivity index (χ3v) is 4.04. The molecule has 0 spiro atoms. The fraction of sp³-hybridized carbons (Fsp3) is 0.357. The van der Waals surface area contributed by atoms with Gasteiger partial charge in [-0.05, 0) is 42.5 Å². The van der Waals surface area contributed by atoms with Crippen molar-refractivity contribution >= 4 is 11.2 Å². The number of fused-ring (bicyclic) bond motifs is 2. The predicted octanol–water partition coefficient (Wildman–Crippen LogP) is 1.96. The monoisotopic (exact) mass is 225 g/mol. The Morgan fingerprint density at radius 2 is 2.29 bits per heavy atom. The van der Waals surface area contributed by atoms with Gasteiger partial charge in [-0.3, -0.25) is 0 Å². The summed E-state index contributed by atoms with van der Waals surface area (Å²) in [5.74, 6) is 1.54. The molecular formula is C14H15N3. The Morgan fingerprint density at radius 3 is 3.24 bits per heavy atom. The predicted molar refractivity (Wildman–Crippen MR) is 67.6 cm³/mol. The van der Waals surface area contributed by atoms with Crippen LogP contribution in [0, 0.1) is 11.8 Å². The van der Waals surface area contributed by atoms with E-state index < -0.39 is 0 Å². The molecule has 0 bridgehead atoms. The van der Waals surface area contributed by atoms with Gasteiger partial charge in [-0.2, -0.15) is 0 Å². The highest BCUT2D eigenvalue weighted by atomic mass is 15.0. The van der Waals surface area contributed by atoms with Gasteiger partial charge in [-0.15, -0.1) is 0 Å². The Balaban J connectivity index is 1.80. The fourth-order valence-electron chi connectivity index (χ4n) is 3.14. The largest absolute Gasteiger partial charge is 0.316 e. The van der Waals surface area contributed by atoms with Crippen LogP contribution in [0.2, 0.25) is 0 Å². The van der Waals surface area contributed by atoms with E-state index in [0.29, 0.717) is 0 Å². The molecule has 2 aliphatic rings. The fourth-order valence-corrected chi connectivity index (χ4v) is 3.14. The molecule has 3 heterocycles. The lowest BCUT2D eigenvalue weighted by Gasteiger charge is -2.06. The molecule has 1 aliphatic carbocycles. The molecule has 2 aromatic heterocycles. The number of hydrogen-bond donors (Lipinski definition) is 1. The molecular weight excluding hydrogens is 210 g/mol. The van der Waals surface area contributed by atoms with Crippen molar-refractivity contribution in [2.45, 2.75) is 6.42 Å². The molecule has 2 aromatic rings. The molecule has 86 valence electrons. The number of nitrogens with one attached hydrogen (secondary N) is 1. The van der Waals surface area contributed by atoms with Crippen molar-refractivity contribution in [3.05, 3.63) is 42.4 Å². The third kappa shape index (κ3) is 1.35. The van der Waals surface area contributed by atoms with Crippen LogP contribution in [-0.2, 0) is 0 Å². The topological polar surface area (TPSA) is 29.3 Å². The van der Waals surface area contributed by atoms with Crippen LogP contribution in [0.5, 0.6) is 0 Å². The summed E-state index contributed by atoms with van der Waals surface area (Å²) in [6, 6.07) is 6.16. The summed E-state index contributed by atoms with van der Waals surface area (Å²) >= 11 is 0. The highest BCUT2D eigenvalue weighted by Gasteiger charge is 2.32. The SMILES string of the molecule is C1=C(c2cnc3ccccn23)C[C@@H]2CNC[C@H]12. The van der Waals surface area contributed by atoms with E-state index in [1.54, 1.807) is 0 Å². The van der Waals surface area contributed by atoms with E-state index in [1.165, 1.54) is 24.2 Å². The van der Waals surface area contributed by atoms with E-state index >= 15 is 0 Å². The number of imidazole rings is 1. The maximum absolute atomic E-state index is 4.46. The first kappa shape index (κ1) is 9.42. The van der Waals surface area contributed by atoms with Crippen molar-refractivity contribution in [1.29, 1.82) is 0 Å². The molecule has 1 N–H and O–H groups in total. The summed E-state index contributed by atoms with van der Waals surface area (Å²) in [6.07, 6.45) is 7.75. The first-order valence-corrected chi connectivity index (χ1v) is 6.26. The number of pyridine rings is 1. The van der Waals surface area contributed by atoms with Crippen LogP contribution in [0.3, 0.4) is 0 Å². The Bertz CT molecular complexity index is 596. The third-order valence-electron chi connectivity index (χ3n) is 4.04. The number of allylic oxidation sites excluding steroid dienone is 1. The van der Waals surface area contributed by atoms with E-state index in [4.69, 9.17) is 0 Å². The maximum atomic E-state index is 4.46. The molecule has 0 aromatic carbocycles. The van der Waals surface area contributed by atoms with Crippen LogP contribution in [0.4, 0.5) is 0 Å². The molecule has 1 aliphatic heterocycles. The second-order valence-corrected chi connectivity index (χ2v) is 5.05. The van der Waals surface area contributed by atoms with Gasteiger partial charge in [0.2, 0.25) is 0 Å². The highest BCUT2D eigenvalue weighted by Crippen LogP contribution is 2.38. The van der Waals surface area contributed by atoms with E-state index in [2.05, 4.69) is 39.1 Å². The van der Waals surface area contributed by atoms with Crippen molar-refractivity contribution in [2.24, 2.45) is 11.8 Å². The lowest BCUT2D eigenvalue weighted by Crippen LogP contribution is -2.09. The van der Waals surface area contributed by atoms with E-state index in [0.717, 1.165) is 24.0 Å². The van der Waals surface area contributed by atoms with Crippen molar-refractivity contribution < 1.29 is 0 Å². The number of hydrogen-bond acceptors (Lipinski definition) is 2. The Kier molecular flexibility index (Phi) is 1.91. The quantitative estimate of drug-likeness (QED) is 0.804. The Hall–Kier alpha value is -1.61. The first-order valence-electron chi connectivity index (χ1n) is 6.26. The summed E-state index contributed by atoms with van der Waals surface area (Å²) in [5.41, 5.74) is 3.79. The van der Waals surface area contributed by atoms with Crippen LogP contribution in [0.15, 0.2) is 36.7 Å². The van der Waals surface area contributed by atoms with Crippen LogP contribution in [0.25, 0.3) is 11.2 Å². The van der Waals surface area contributed by atoms with E-state index in [-0.39, 0.29) is 0 Å². The van der Waals surface area contributed by atoms with Crippen LogP contribution in [0.1, 0.15) is 12.1 Å². The number of aromatic nitrogens is 2. The molecule has 17 heavy (non-hydrogen) atoms. The molecule has 2 atom stereocenters. The van der Waals surface area contributed by atoms with E-state index in [1.807, 2.05) is 12.3 Å². The van der Waals surface area contributed by atoms with Gasteiger partial charge < -0.3 is 9.72 Å². The molecule has 0 radical (unpaired) electrons. The molecule has 0 amide bonds. The van der Waals surface area contributed by atoms with Gasteiger partial charge in [0.1, 0.15) is 5.65 Å². The van der Waals surface area contributed by atoms with Crippen molar-refractivity contribution in [3.63, 3.8) is 0 Å². The average molecular weight is 225 g/mol. The summed E-state index contributed by atoms with van der Waals surface area (Å²) < 4.78 is 2.19. The van der Waals surface area contributed by atoms with Gasteiger partial charge in [0, 0.05) is 12.7 Å². The summed E-state index contributed by atoms with van der Waals surface area (Å²) in [5, 5.41) is 3.46. The molecule has 1 fully saturated rings. The minimum atomic E-state index is 0.735. The summed E-state index contributed by atoms with van der Waals surface area (Å²) in [4.78, 5) is 4.46. The lowest BCUT2D eigenvalue weighted by atomic mass is 9.99. The number of rotatable bonds is 1. The van der Waals surface area contributed by atoms with Crippen molar-refractivity contribution in [1.82, 2.24) is 14.7 Å². The van der Waals surface area contributed by atoms with Gasteiger partial charge in [-0.1, -0.05) is 12.1 Å². The molecule has 1 saturated heterocycles. The molecule has 0 saturated carbocycles. The summed E-state index contributed by atoms with van der Waals surface area (Å²) in [6.45, 7) is 2.31. The van der Waals surface area contributed by atoms with Gasteiger partial charge in [-0.25, -0.2) is 4.98 Å². The van der Waals surface area contributed by atoms with Crippen molar-refractivity contribution in [2.75, 3.05) is 13.1 Å². The second kappa shape index (κ2) is 3.44. The Labute approximate surface area is 100 Å². The van der Waals surface area contributed by atoms with Gasteiger partial charge in [0.25, 0.3) is 0 Å². The van der Waals surface area contributed by atoms with Gasteiger partial charge in [0.05, 0.1) is 11.9 Å².